The molecule has 0 saturated heterocycles. The molecular weight excluding hydrogens is 248 g/mol. The van der Waals surface area contributed by atoms with Gasteiger partial charge in [-0.15, -0.1) is 0 Å². The number of benzene rings is 1. The summed E-state index contributed by atoms with van der Waals surface area (Å²) in [5.41, 5.74) is 2.74. The van der Waals surface area contributed by atoms with Gasteiger partial charge in [0.2, 0.25) is 0 Å². The van der Waals surface area contributed by atoms with Crippen LogP contribution in [0.1, 0.15) is 58.2 Å². The SMILES string of the molecule is CN(C)N=Cc1cc(C(C)(C)C)c(O)c(C(C)(C)C)c1. The molecule has 3 nitrogen and oxygen atoms in total. The molecule has 0 amide bonds. The first kappa shape index (κ1) is 16.5. The topological polar surface area (TPSA) is 35.8 Å². The van der Waals surface area contributed by atoms with Crippen molar-refractivity contribution in [3.63, 3.8) is 0 Å². The van der Waals surface area contributed by atoms with E-state index in [0.29, 0.717) is 5.75 Å². The van der Waals surface area contributed by atoms with Gasteiger partial charge in [0.1, 0.15) is 5.75 Å². The summed E-state index contributed by atoms with van der Waals surface area (Å²) in [6.45, 7) is 12.7. The molecular formula is C17H28N2O. The van der Waals surface area contributed by atoms with Crippen LogP contribution in [0.25, 0.3) is 0 Å². The zero-order valence-corrected chi connectivity index (χ0v) is 14.1. The molecule has 1 rings (SSSR count). The Morgan fingerprint density at radius 2 is 1.35 bits per heavy atom. The Morgan fingerprint density at radius 1 is 0.950 bits per heavy atom. The van der Waals surface area contributed by atoms with E-state index in [1.54, 1.807) is 5.01 Å². The molecule has 0 bridgehead atoms. The Kier molecular flexibility index (Phi) is 4.52. The second-order valence-electron chi connectivity index (χ2n) is 7.56. The van der Waals surface area contributed by atoms with Crippen molar-refractivity contribution in [1.82, 2.24) is 5.01 Å². The van der Waals surface area contributed by atoms with Gasteiger partial charge in [0, 0.05) is 25.2 Å². The molecule has 0 aromatic heterocycles. The van der Waals surface area contributed by atoms with Crippen molar-refractivity contribution in [1.29, 1.82) is 0 Å². The van der Waals surface area contributed by atoms with E-state index >= 15 is 0 Å². The summed E-state index contributed by atoms with van der Waals surface area (Å²) in [6, 6.07) is 4.05. The van der Waals surface area contributed by atoms with E-state index in [2.05, 4.69) is 46.6 Å². The van der Waals surface area contributed by atoms with E-state index in [9.17, 15) is 5.11 Å². The maximum Gasteiger partial charge on any atom is 0.123 e. The minimum absolute atomic E-state index is 0.105. The normalized spacial score (nSPS) is 13.0. The van der Waals surface area contributed by atoms with Gasteiger partial charge in [-0.05, 0) is 28.5 Å². The largest absolute Gasteiger partial charge is 0.507 e. The van der Waals surface area contributed by atoms with Gasteiger partial charge in [-0.1, -0.05) is 41.5 Å². The van der Waals surface area contributed by atoms with Gasteiger partial charge in [-0.2, -0.15) is 5.10 Å². The lowest BCUT2D eigenvalue weighted by Gasteiger charge is -2.27. The van der Waals surface area contributed by atoms with Gasteiger partial charge in [-0.3, -0.25) is 0 Å². The molecule has 0 saturated carbocycles. The summed E-state index contributed by atoms with van der Waals surface area (Å²) in [6.07, 6.45) is 1.84. The highest BCUT2D eigenvalue weighted by Crippen LogP contribution is 2.39. The Morgan fingerprint density at radius 3 is 1.65 bits per heavy atom. The maximum atomic E-state index is 10.6. The second kappa shape index (κ2) is 5.47. The van der Waals surface area contributed by atoms with Crippen LogP contribution >= 0.6 is 0 Å². The van der Waals surface area contributed by atoms with E-state index in [0.717, 1.165) is 16.7 Å². The molecule has 0 aliphatic carbocycles. The van der Waals surface area contributed by atoms with Crippen molar-refractivity contribution in [2.45, 2.75) is 52.4 Å². The molecule has 0 spiro atoms. The first-order valence-corrected chi connectivity index (χ1v) is 7.02. The molecule has 1 aromatic carbocycles. The molecule has 0 unspecified atom stereocenters. The maximum absolute atomic E-state index is 10.6. The average Bonchev–Trinajstić information content (AvgIpc) is 2.24. The lowest BCUT2D eigenvalue weighted by molar-refractivity contribution is 0.423. The van der Waals surface area contributed by atoms with Crippen LogP contribution in [0.2, 0.25) is 0 Å². The molecule has 0 radical (unpaired) electrons. The molecule has 3 heteroatoms. The van der Waals surface area contributed by atoms with Crippen LogP contribution in [-0.2, 0) is 10.8 Å². The number of rotatable bonds is 2. The zero-order valence-electron chi connectivity index (χ0n) is 14.1. The van der Waals surface area contributed by atoms with Crippen molar-refractivity contribution >= 4 is 6.21 Å². The number of hydrogen-bond acceptors (Lipinski definition) is 3. The monoisotopic (exact) mass is 276 g/mol. The number of aromatic hydroxyl groups is 1. The first-order chi connectivity index (χ1) is 8.93. The van der Waals surface area contributed by atoms with Gasteiger partial charge >= 0.3 is 0 Å². The van der Waals surface area contributed by atoms with Crippen molar-refractivity contribution in [2.24, 2.45) is 5.10 Å². The van der Waals surface area contributed by atoms with E-state index < -0.39 is 0 Å². The highest BCUT2D eigenvalue weighted by Gasteiger charge is 2.26. The van der Waals surface area contributed by atoms with Gasteiger partial charge < -0.3 is 10.1 Å². The van der Waals surface area contributed by atoms with Gasteiger partial charge in [0.05, 0.1) is 6.21 Å². The van der Waals surface area contributed by atoms with Crippen LogP contribution in [-0.4, -0.2) is 30.4 Å². The standard InChI is InChI=1S/C17H28N2O/c1-16(2,3)13-9-12(11-18-19(7)8)10-14(15(13)20)17(4,5)6/h9-11,20H,1-8H3. The summed E-state index contributed by atoms with van der Waals surface area (Å²) in [7, 11) is 3.79. The highest BCUT2D eigenvalue weighted by atomic mass is 16.3. The number of phenols is 1. The Bertz CT molecular complexity index is 468. The molecule has 20 heavy (non-hydrogen) atoms. The van der Waals surface area contributed by atoms with Gasteiger partial charge in [-0.25, -0.2) is 0 Å². The Labute approximate surface area is 123 Å². The van der Waals surface area contributed by atoms with Crippen molar-refractivity contribution in [2.75, 3.05) is 14.1 Å². The quantitative estimate of drug-likeness (QED) is 0.657. The number of hydrazone groups is 1. The van der Waals surface area contributed by atoms with Crippen LogP contribution in [0, 0.1) is 0 Å². The fourth-order valence-corrected chi connectivity index (χ4v) is 2.06. The van der Waals surface area contributed by atoms with Gasteiger partial charge in [0.15, 0.2) is 0 Å². The second-order valence-corrected chi connectivity index (χ2v) is 7.56. The molecule has 0 aliphatic rings. The van der Waals surface area contributed by atoms with E-state index in [1.807, 2.05) is 32.4 Å². The van der Waals surface area contributed by atoms with E-state index in [-0.39, 0.29) is 10.8 Å². The molecule has 1 N–H and O–H groups in total. The lowest BCUT2D eigenvalue weighted by atomic mass is 9.78. The molecule has 0 heterocycles. The fraction of sp³-hybridized carbons (Fsp3) is 0.588. The average molecular weight is 276 g/mol. The molecule has 0 atom stereocenters. The van der Waals surface area contributed by atoms with Crippen molar-refractivity contribution in [3.05, 3.63) is 28.8 Å². The summed E-state index contributed by atoms with van der Waals surface area (Å²) in [4.78, 5) is 0. The minimum atomic E-state index is -0.105. The van der Waals surface area contributed by atoms with E-state index in [1.165, 1.54) is 0 Å². The van der Waals surface area contributed by atoms with Crippen molar-refractivity contribution < 1.29 is 5.11 Å². The molecule has 0 fully saturated rings. The van der Waals surface area contributed by atoms with Crippen LogP contribution < -0.4 is 0 Å². The minimum Gasteiger partial charge on any atom is -0.507 e. The summed E-state index contributed by atoms with van der Waals surface area (Å²) < 4.78 is 0. The van der Waals surface area contributed by atoms with E-state index in [4.69, 9.17) is 0 Å². The highest BCUT2D eigenvalue weighted by molar-refractivity contribution is 5.81. The molecule has 0 aliphatic heterocycles. The Balaban J connectivity index is 3.50. The number of nitrogens with zero attached hydrogens (tertiary/aromatic N) is 2. The third-order valence-electron chi connectivity index (χ3n) is 3.19. The number of hydrogen-bond donors (Lipinski definition) is 1. The molecule has 1 aromatic rings. The van der Waals surface area contributed by atoms with Crippen LogP contribution in [0.4, 0.5) is 0 Å². The van der Waals surface area contributed by atoms with Crippen LogP contribution in [0.3, 0.4) is 0 Å². The van der Waals surface area contributed by atoms with Crippen LogP contribution in [0.5, 0.6) is 5.75 Å². The van der Waals surface area contributed by atoms with Gasteiger partial charge in [0.25, 0.3) is 0 Å². The van der Waals surface area contributed by atoms with Crippen LogP contribution in [0.15, 0.2) is 17.2 Å². The summed E-state index contributed by atoms with van der Waals surface area (Å²) in [5.74, 6) is 0.409. The number of phenolic OH excluding ortho intramolecular Hbond substituents is 1. The summed E-state index contributed by atoms with van der Waals surface area (Å²) in [5, 5.41) is 16.7. The first-order valence-electron chi connectivity index (χ1n) is 7.02. The zero-order chi connectivity index (χ0) is 15.7. The third kappa shape index (κ3) is 3.99. The lowest BCUT2D eigenvalue weighted by Crippen LogP contribution is -2.18. The molecule has 112 valence electrons. The van der Waals surface area contributed by atoms with Crippen molar-refractivity contribution in [3.8, 4) is 5.75 Å². The predicted octanol–water partition coefficient (Wildman–Crippen LogP) is 3.88. The predicted molar refractivity (Wildman–Crippen MR) is 86.8 cm³/mol. The smallest absolute Gasteiger partial charge is 0.123 e. The summed E-state index contributed by atoms with van der Waals surface area (Å²) >= 11 is 0. The Hall–Kier alpha value is -1.51. The fourth-order valence-electron chi connectivity index (χ4n) is 2.06. The third-order valence-corrected chi connectivity index (χ3v) is 3.19.